The third-order valence-corrected chi connectivity index (χ3v) is 4.42. The van der Waals surface area contributed by atoms with E-state index in [0.717, 1.165) is 0 Å². The lowest BCUT2D eigenvalue weighted by Crippen LogP contribution is -2.15. The highest BCUT2D eigenvalue weighted by Gasteiger charge is 2.19. The van der Waals surface area contributed by atoms with Crippen molar-refractivity contribution in [2.75, 3.05) is 19.1 Å². The molecule has 2 aromatic rings. The highest BCUT2D eigenvalue weighted by Crippen LogP contribution is 2.27. The molecule has 0 saturated heterocycles. The second-order valence-electron chi connectivity index (χ2n) is 4.00. The standard InChI is InChI=1S/C12H14N2O3S2/c1-14(5-8-3-4-18-7-8)12-13-9(6-17-2)10(19-12)11(15)16/h3-4,7H,5-6H2,1-2H3,(H,15,16). The van der Waals surface area contributed by atoms with E-state index in [9.17, 15) is 4.79 Å². The lowest BCUT2D eigenvalue weighted by atomic mass is 10.3. The van der Waals surface area contributed by atoms with Crippen LogP contribution < -0.4 is 4.90 Å². The van der Waals surface area contributed by atoms with Gasteiger partial charge in [0, 0.05) is 20.7 Å². The summed E-state index contributed by atoms with van der Waals surface area (Å²) in [7, 11) is 3.43. The van der Waals surface area contributed by atoms with Gasteiger partial charge >= 0.3 is 5.97 Å². The van der Waals surface area contributed by atoms with Crippen LogP contribution in [0.5, 0.6) is 0 Å². The number of carboxylic acid groups (broad SMARTS) is 1. The Labute approximate surface area is 119 Å². The van der Waals surface area contributed by atoms with Gasteiger partial charge in [-0.3, -0.25) is 0 Å². The molecule has 0 aliphatic carbocycles. The average molecular weight is 298 g/mol. The molecule has 0 aliphatic rings. The van der Waals surface area contributed by atoms with Gasteiger partial charge in [-0.25, -0.2) is 9.78 Å². The molecular formula is C12H14N2O3S2. The Balaban J connectivity index is 2.19. The summed E-state index contributed by atoms with van der Waals surface area (Å²) in [5, 5.41) is 13.9. The topological polar surface area (TPSA) is 62.7 Å². The molecular weight excluding hydrogens is 284 g/mol. The number of thiophene rings is 1. The van der Waals surface area contributed by atoms with Crippen LogP contribution in [0, 0.1) is 0 Å². The lowest BCUT2D eigenvalue weighted by molar-refractivity contribution is 0.0697. The van der Waals surface area contributed by atoms with Crippen LogP contribution >= 0.6 is 22.7 Å². The number of ether oxygens (including phenoxy) is 1. The molecule has 0 radical (unpaired) electrons. The summed E-state index contributed by atoms with van der Waals surface area (Å²) in [6.45, 7) is 0.924. The molecule has 0 aliphatic heterocycles. The van der Waals surface area contributed by atoms with E-state index in [0.29, 0.717) is 17.4 Å². The first kappa shape index (κ1) is 14.0. The molecule has 2 rings (SSSR count). The average Bonchev–Trinajstić information content (AvgIpc) is 2.98. The first-order chi connectivity index (χ1) is 9.11. The Kier molecular flexibility index (Phi) is 4.52. The van der Waals surface area contributed by atoms with E-state index in [4.69, 9.17) is 9.84 Å². The fourth-order valence-corrected chi connectivity index (χ4v) is 3.16. The molecule has 2 aromatic heterocycles. The number of carbonyl (C=O) groups is 1. The first-order valence-corrected chi connectivity index (χ1v) is 7.32. The van der Waals surface area contributed by atoms with Crippen molar-refractivity contribution < 1.29 is 14.6 Å². The number of thiazole rings is 1. The summed E-state index contributed by atoms with van der Waals surface area (Å²) < 4.78 is 4.98. The molecule has 1 N–H and O–H groups in total. The minimum atomic E-state index is -0.959. The Morgan fingerprint density at radius 2 is 2.37 bits per heavy atom. The molecule has 0 aromatic carbocycles. The maximum absolute atomic E-state index is 11.1. The molecule has 19 heavy (non-hydrogen) atoms. The van der Waals surface area contributed by atoms with Crippen LogP contribution in [0.1, 0.15) is 20.9 Å². The molecule has 0 fully saturated rings. The van der Waals surface area contributed by atoms with Crippen LogP contribution in [0.3, 0.4) is 0 Å². The SMILES string of the molecule is COCc1nc(N(C)Cc2ccsc2)sc1C(=O)O. The van der Waals surface area contributed by atoms with E-state index in [1.165, 1.54) is 24.0 Å². The van der Waals surface area contributed by atoms with Crippen molar-refractivity contribution >= 4 is 33.8 Å². The molecule has 2 heterocycles. The second-order valence-corrected chi connectivity index (χ2v) is 5.76. The number of hydrogen-bond acceptors (Lipinski definition) is 6. The fraction of sp³-hybridized carbons (Fsp3) is 0.333. The van der Waals surface area contributed by atoms with Crippen LogP contribution in [-0.2, 0) is 17.9 Å². The van der Waals surface area contributed by atoms with Gasteiger partial charge in [0.05, 0.1) is 12.3 Å². The monoisotopic (exact) mass is 298 g/mol. The van der Waals surface area contributed by atoms with Gasteiger partial charge in [0.2, 0.25) is 0 Å². The van der Waals surface area contributed by atoms with Crippen molar-refractivity contribution in [2.45, 2.75) is 13.2 Å². The minimum Gasteiger partial charge on any atom is -0.477 e. The van der Waals surface area contributed by atoms with Crippen molar-refractivity contribution in [3.05, 3.63) is 33.0 Å². The highest BCUT2D eigenvalue weighted by atomic mass is 32.1. The van der Waals surface area contributed by atoms with E-state index in [1.807, 2.05) is 23.4 Å². The molecule has 0 spiro atoms. The molecule has 0 saturated carbocycles. The molecule has 7 heteroatoms. The quantitative estimate of drug-likeness (QED) is 0.888. The maximum atomic E-state index is 11.1. The second kappa shape index (κ2) is 6.14. The zero-order valence-corrected chi connectivity index (χ0v) is 12.3. The summed E-state index contributed by atoms with van der Waals surface area (Å²) in [6, 6.07) is 2.04. The van der Waals surface area contributed by atoms with Crippen LogP contribution in [0.2, 0.25) is 0 Å². The van der Waals surface area contributed by atoms with E-state index in [-0.39, 0.29) is 11.5 Å². The number of hydrogen-bond donors (Lipinski definition) is 1. The Bertz CT molecular complexity index is 551. The van der Waals surface area contributed by atoms with Crippen molar-refractivity contribution in [3.8, 4) is 0 Å². The third kappa shape index (κ3) is 3.31. The van der Waals surface area contributed by atoms with Gasteiger partial charge in [-0.1, -0.05) is 11.3 Å². The zero-order chi connectivity index (χ0) is 13.8. The van der Waals surface area contributed by atoms with Crippen LogP contribution in [0.15, 0.2) is 16.8 Å². The van der Waals surface area contributed by atoms with E-state index < -0.39 is 5.97 Å². The summed E-state index contributed by atoms with van der Waals surface area (Å²) in [6.07, 6.45) is 0. The van der Waals surface area contributed by atoms with Gasteiger partial charge in [0.25, 0.3) is 0 Å². The van der Waals surface area contributed by atoms with Crippen LogP contribution in [0.4, 0.5) is 5.13 Å². The van der Waals surface area contributed by atoms with Crippen LogP contribution in [-0.4, -0.2) is 30.2 Å². The van der Waals surface area contributed by atoms with E-state index >= 15 is 0 Å². The van der Waals surface area contributed by atoms with Gasteiger partial charge in [-0.15, -0.1) is 0 Å². The Morgan fingerprint density at radius 1 is 1.58 bits per heavy atom. The van der Waals surface area contributed by atoms with E-state index in [1.54, 1.807) is 11.3 Å². The van der Waals surface area contributed by atoms with E-state index in [2.05, 4.69) is 10.4 Å². The minimum absolute atomic E-state index is 0.213. The maximum Gasteiger partial charge on any atom is 0.347 e. The first-order valence-electron chi connectivity index (χ1n) is 5.56. The molecule has 5 nitrogen and oxygen atoms in total. The number of anilines is 1. The van der Waals surface area contributed by atoms with Gasteiger partial charge < -0.3 is 14.7 Å². The molecule has 0 amide bonds. The largest absolute Gasteiger partial charge is 0.477 e. The number of carboxylic acids is 1. The van der Waals surface area contributed by atoms with Gasteiger partial charge in [-0.05, 0) is 22.4 Å². The van der Waals surface area contributed by atoms with Gasteiger partial charge in [0.1, 0.15) is 4.88 Å². The van der Waals surface area contributed by atoms with Crippen LogP contribution in [0.25, 0.3) is 0 Å². The third-order valence-electron chi connectivity index (χ3n) is 2.49. The van der Waals surface area contributed by atoms with Crippen molar-refractivity contribution in [1.29, 1.82) is 0 Å². The molecule has 0 atom stereocenters. The Morgan fingerprint density at radius 3 is 2.95 bits per heavy atom. The molecule has 0 unspecified atom stereocenters. The predicted molar refractivity (Wildman–Crippen MR) is 76.2 cm³/mol. The Hall–Kier alpha value is -1.44. The number of methoxy groups -OCH3 is 1. The predicted octanol–water partition coefficient (Wildman–Crippen LogP) is 2.69. The van der Waals surface area contributed by atoms with Crippen molar-refractivity contribution in [1.82, 2.24) is 4.98 Å². The number of rotatable bonds is 6. The smallest absolute Gasteiger partial charge is 0.347 e. The summed E-state index contributed by atoms with van der Waals surface area (Å²) in [5.74, 6) is -0.959. The molecule has 0 bridgehead atoms. The lowest BCUT2D eigenvalue weighted by Gasteiger charge is -2.14. The zero-order valence-electron chi connectivity index (χ0n) is 10.6. The fourth-order valence-electron chi connectivity index (χ4n) is 1.63. The van der Waals surface area contributed by atoms with Crippen molar-refractivity contribution in [3.63, 3.8) is 0 Å². The summed E-state index contributed by atoms with van der Waals surface area (Å²) in [5.41, 5.74) is 1.67. The molecule has 102 valence electrons. The van der Waals surface area contributed by atoms with Gasteiger partial charge in [0.15, 0.2) is 5.13 Å². The normalized spacial score (nSPS) is 10.6. The highest BCUT2D eigenvalue weighted by molar-refractivity contribution is 7.17. The summed E-state index contributed by atoms with van der Waals surface area (Å²) >= 11 is 2.82. The van der Waals surface area contributed by atoms with Gasteiger partial charge in [-0.2, -0.15) is 11.3 Å². The summed E-state index contributed by atoms with van der Waals surface area (Å²) in [4.78, 5) is 17.7. The van der Waals surface area contributed by atoms with Crippen molar-refractivity contribution in [2.24, 2.45) is 0 Å². The number of aromatic carboxylic acids is 1. The number of aromatic nitrogens is 1. The number of nitrogens with zero attached hydrogens (tertiary/aromatic N) is 2.